The first kappa shape index (κ1) is 21.1. The molecule has 8 heteroatoms. The number of nitrogens with one attached hydrogen (secondary N) is 1. The maximum absolute atomic E-state index is 11.7. The molecule has 1 aliphatic heterocycles. The van der Waals surface area contributed by atoms with Crippen molar-refractivity contribution in [2.24, 2.45) is 0 Å². The van der Waals surface area contributed by atoms with Gasteiger partial charge in [0.25, 0.3) is 0 Å². The smallest absolute Gasteiger partial charge is 0.407 e. The van der Waals surface area contributed by atoms with Crippen LogP contribution in [-0.2, 0) is 11.3 Å². The predicted molar refractivity (Wildman–Crippen MR) is 115 cm³/mol. The summed E-state index contributed by atoms with van der Waals surface area (Å²) in [5.74, 6) is 0. The zero-order valence-corrected chi connectivity index (χ0v) is 18.5. The third kappa shape index (κ3) is 6.18. The number of nitrogens with zero attached hydrogens (tertiary/aromatic N) is 4. The lowest BCUT2D eigenvalue weighted by Gasteiger charge is -2.34. The van der Waals surface area contributed by atoms with Gasteiger partial charge in [-0.15, -0.1) is 0 Å². The van der Waals surface area contributed by atoms with Gasteiger partial charge in [0.2, 0.25) is 0 Å². The minimum Gasteiger partial charge on any atom is -0.444 e. The van der Waals surface area contributed by atoms with Crippen molar-refractivity contribution in [1.29, 1.82) is 0 Å². The molecule has 1 aliphatic rings. The van der Waals surface area contributed by atoms with Gasteiger partial charge >= 0.3 is 6.09 Å². The Morgan fingerprint density at radius 1 is 1.14 bits per heavy atom. The van der Waals surface area contributed by atoms with Gasteiger partial charge in [0.05, 0.1) is 12.1 Å². The van der Waals surface area contributed by atoms with E-state index in [9.17, 15) is 4.79 Å². The monoisotopic (exact) mass is 451 g/mol. The van der Waals surface area contributed by atoms with Gasteiger partial charge in [-0.25, -0.2) is 4.79 Å². The average molecular weight is 452 g/mol. The summed E-state index contributed by atoms with van der Waals surface area (Å²) in [6, 6.07) is 6.10. The molecule has 0 atom stereocenters. The number of fused-ring (bicyclic) bond motifs is 1. The molecular weight excluding hydrogens is 422 g/mol. The zero-order chi connectivity index (χ0) is 20.1. The van der Waals surface area contributed by atoms with E-state index in [0.717, 1.165) is 61.2 Å². The number of alkyl carbamates (subject to hydrolysis) is 1. The van der Waals surface area contributed by atoms with Crippen molar-refractivity contribution in [2.75, 3.05) is 45.8 Å². The molecule has 0 aliphatic carbocycles. The minimum atomic E-state index is -0.452. The Morgan fingerprint density at radius 3 is 2.46 bits per heavy atom. The molecule has 0 bridgehead atoms. The van der Waals surface area contributed by atoms with Crippen molar-refractivity contribution < 1.29 is 9.53 Å². The molecule has 1 N–H and O–H groups in total. The van der Waals surface area contributed by atoms with E-state index in [4.69, 9.17) is 4.74 Å². The molecular formula is C20H30BrN5O2. The van der Waals surface area contributed by atoms with Gasteiger partial charge in [-0.2, -0.15) is 5.10 Å². The highest BCUT2D eigenvalue weighted by atomic mass is 79.9. The van der Waals surface area contributed by atoms with Crippen LogP contribution < -0.4 is 5.32 Å². The topological polar surface area (TPSA) is 62.6 Å². The molecule has 0 spiro atoms. The molecule has 28 heavy (non-hydrogen) atoms. The van der Waals surface area contributed by atoms with Crippen molar-refractivity contribution >= 4 is 32.9 Å². The standard InChI is InChI=1S/C20H30BrN5O2/c1-20(2,3)28-19(27)22-7-8-24-9-11-25(12-10-24)13-14-26-15-16-17(21)5-4-6-18(16)23-26/h4-6,15H,7-14H2,1-3H3,(H,22,27). The van der Waals surface area contributed by atoms with Crippen molar-refractivity contribution in [1.82, 2.24) is 24.9 Å². The summed E-state index contributed by atoms with van der Waals surface area (Å²) < 4.78 is 8.38. The Bertz CT molecular complexity index is 793. The Morgan fingerprint density at radius 2 is 1.82 bits per heavy atom. The van der Waals surface area contributed by atoms with Crippen LogP contribution in [0.15, 0.2) is 28.9 Å². The fourth-order valence-electron chi connectivity index (χ4n) is 3.28. The Labute approximate surface area is 175 Å². The third-order valence-corrected chi connectivity index (χ3v) is 5.44. The number of ether oxygens (including phenoxy) is 1. The molecule has 0 radical (unpaired) electrons. The number of benzene rings is 1. The van der Waals surface area contributed by atoms with Crippen LogP contribution in [0.3, 0.4) is 0 Å². The Hall–Kier alpha value is -1.64. The van der Waals surface area contributed by atoms with E-state index in [1.54, 1.807) is 0 Å². The number of carbonyl (C=O) groups is 1. The van der Waals surface area contributed by atoms with Gasteiger partial charge < -0.3 is 10.1 Å². The minimum absolute atomic E-state index is 0.343. The molecule has 2 heterocycles. The summed E-state index contributed by atoms with van der Waals surface area (Å²) in [4.78, 5) is 16.5. The van der Waals surface area contributed by atoms with Crippen molar-refractivity contribution in [3.8, 4) is 0 Å². The quantitative estimate of drug-likeness (QED) is 0.731. The molecule has 1 amide bonds. The van der Waals surface area contributed by atoms with Crippen LogP contribution in [0.5, 0.6) is 0 Å². The van der Waals surface area contributed by atoms with Crippen LogP contribution in [0.25, 0.3) is 10.9 Å². The molecule has 2 aromatic rings. The second-order valence-corrected chi connectivity index (χ2v) is 9.03. The summed E-state index contributed by atoms with van der Waals surface area (Å²) in [5.41, 5.74) is 0.573. The maximum Gasteiger partial charge on any atom is 0.407 e. The lowest BCUT2D eigenvalue weighted by Crippen LogP contribution is -2.49. The van der Waals surface area contributed by atoms with Gasteiger partial charge in [0.1, 0.15) is 5.60 Å². The lowest BCUT2D eigenvalue weighted by molar-refractivity contribution is 0.0516. The fraction of sp³-hybridized carbons (Fsp3) is 0.600. The normalized spacial score (nSPS) is 16.4. The molecule has 0 unspecified atom stereocenters. The Kier molecular flexibility index (Phi) is 6.95. The average Bonchev–Trinajstić information content (AvgIpc) is 3.04. The summed E-state index contributed by atoms with van der Waals surface area (Å²) in [6.07, 6.45) is 1.77. The van der Waals surface area contributed by atoms with E-state index >= 15 is 0 Å². The van der Waals surface area contributed by atoms with Crippen LogP contribution in [0.4, 0.5) is 4.79 Å². The number of hydrogen-bond acceptors (Lipinski definition) is 5. The fourth-order valence-corrected chi connectivity index (χ4v) is 3.74. The largest absolute Gasteiger partial charge is 0.444 e. The SMILES string of the molecule is CC(C)(C)OC(=O)NCCN1CCN(CCn2cc3c(Br)cccc3n2)CC1. The lowest BCUT2D eigenvalue weighted by atomic mass is 10.2. The second-order valence-electron chi connectivity index (χ2n) is 8.18. The van der Waals surface area contributed by atoms with E-state index in [1.807, 2.05) is 43.7 Å². The highest BCUT2D eigenvalue weighted by Gasteiger charge is 2.18. The van der Waals surface area contributed by atoms with Crippen molar-refractivity contribution in [3.05, 3.63) is 28.9 Å². The third-order valence-electron chi connectivity index (χ3n) is 4.75. The van der Waals surface area contributed by atoms with Crippen LogP contribution in [0.2, 0.25) is 0 Å². The van der Waals surface area contributed by atoms with Crippen LogP contribution in [0, 0.1) is 0 Å². The molecule has 0 saturated carbocycles. The summed E-state index contributed by atoms with van der Waals surface area (Å²) in [6.45, 7) is 13.1. The van der Waals surface area contributed by atoms with Gasteiger partial charge in [0, 0.05) is 61.9 Å². The first-order chi connectivity index (χ1) is 13.3. The summed E-state index contributed by atoms with van der Waals surface area (Å²) >= 11 is 3.58. The van der Waals surface area contributed by atoms with Crippen molar-refractivity contribution in [3.63, 3.8) is 0 Å². The zero-order valence-electron chi connectivity index (χ0n) is 16.9. The highest BCUT2D eigenvalue weighted by molar-refractivity contribution is 9.10. The van der Waals surface area contributed by atoms with Gasteiger partial charge in [-0.1, -0.05) is 22.0 Å². The van der Waals surface area contributed by atoms with Crippen molar-refractivity contribution in [2.45, 2.75) is 32.9 Å². The van der Waals surface area contributed by atoms with E-state index in [2.05, 4.69) is 42.3 Å². The summed E-state index contributed by atoms with van der Waals surface area (Å²) in [5, 5.41) is 8.64. The highest BCUT2D eigenvalue weighted by Crippen LogP contribution is 2.22. The number of aromatic nitrogens is 2. The number of piperazine rings is 1. The number of rotatable bonds is 6. The number of halogens is 1. The molecule has 1 aromatic carbocycles. The Balaban J connectivity index is 1.35. The van der Waals surface area contributed by atoms with Gasteiger partial charge in [0.15, 0.2) is 0 Å². The molecule has 3 rings (SSSR count). The van der Waals surface area contributed by atoms with Gasteiger partial charge in [-0.05, 0) is 32.9 Å². The van der Waals surface area contributed by atoms with E-state index < -0.39 is 5.60 Å². The van der Waals surface area contributed by atoms with Crippen LogP contribution >= 0.6 is 15.9 Å². The maximum atomic E-state index is 11.7. The molecule has 1 fully saturated rings. The second kappa shape index (κ2) is 9.24. The first-order valence-electron chi connectivity index (χ1n) is 9.83. The molecule has 7 nitrogen and oxygen atoms in total. The first-order valence-corrected chi connectivity index (χ1v) is 10.6. The van der Waals surface area contributed by atoms with E-state index in [0.29, 0.717) is 6.54 Å². The molecule has 1 aromatic heterocycles. The predicted octanol–water partition coefficient (Wildman–Crippen LogP) is 2.94. The van der Waals surface area contributed by atoms with Gasteiger partial charge in [-0.3, -0.25) is 14.5 Å². The number of carbonyl (C=O) groups excluding carboxylic acids is 1. The number of amides is 1. The van der Waals surface area contributed by atoms with Crippen LogP contribution in [0.1, 0.15) is 20.8 Å². The summed E-state index contributed by atoms with van der Waals surface area (Å²) in [7, 11) is 0. The van der Waals surface area contributed by atoms with Crippen LogP contribution in [-0.4, -0.2) is 77.1 Å². The number of hydrogen-bond donors (Lipinski definition) is 1. The molecule has 154 valence electrons. The van der Waals surface area contributed by atoms with E-state index in [1.165, 1.54) is 0 Å². The molecule has 1 saturated heterocycles. The van der Waals surface area contributed by atoms with E-state index in [-0.39, 0.29) is 6.09 Å².